The van der Waals surface area contributed by atoms with Crippen LogP contribution >= 0.6 is 0 Å². The fourth-order valence-electron chi connectivity index (χ4n) is 3.24. The van der Waals surface area contributed by atoms with E-state index in [4.69, 9.17) is 0 Å². The number of hydrogen-bond acceptors (Lipinski definition) is 4. The van der Waals surface area contributed by atoms with Gasteiger partial charge in [0.2, 0.25) is 10.0 Å². The van der Waals surface area contributed by atoms with Gasteiger partial charge in [-0.2, -0.15) is 4.31 Å². The van der Waals surface area contributed by atoms with E-state index in [2.05, 4.69) is 0 Å². The summed E-state index contributed by atoms with van der Waals surface area (Å²) in [6.45, 7) is 3.06. The lowest BCUT2D eigenvalue weighted by Gasteiger charge is -2.30. The molecule has 8 heteroatoms. The fraction of sp³-hybridized carbons (Fsp3) is 0.500. The van der Waals surface area contributed by atoms with E-state index in [1.54, 1.807) is 6.07 Å². The average molecular weight is 351 g/mol. The van der Waals surface area contributed by atoms with Gasteiger partial charge in [-0.3, -0.25) is 9.59 Å². The maximum absolute atomic E-state index is 12.9. The zero-order valence-electron chi connectivity index (χ0n) is 14.0. The Labute approximate surface area is 140 Å². The highest BCUT2D eigenvalue weighted by Gasteiger charge is 2.29. The second kappa shape index (κ2) is 5.86. The number of fused-ring (bicyclic) bond motifs is 1. The Morgan fingerprint density at radius 3 is 2.29 bits per heavy atom. The minimum atomic E-state index is -3.61. The van der Waals surface area contributed by atoms with Gasteiger partial charge in [0.25, 0.3) is 0 Å². The number of hydrogen-bond donors (Lipinski definition) is 0. The lowest BCUT2D eigenvalue weighted by atomic mass is 10.0. The number of nitrogens with zero attached hydrogens (tertiary/aromatic N) is 3. The van der Waals surface area contributed by atoms with Crippen LogP contribution < -0.4 is 11.1 Å². The highest BCUT2D eigenvalue weighted by atomic mass is 32.2. The third kappa shape index (κ3) is 2.59. The van der Waals surface area contributed by atoms with E-state index in [1.165, 1.54) is 39.7 Å². The molecular formula is C16H21N3O4S. The van der Waals surface area contributed by atoms with Crippen LogP contribution in [0.1, 0.15) is 19.8 Å². The molecule has 2 aromatic rings. The Hall–Kier alpha value is -1.93. The van der Waals surface area contributed by atoms with Crippen LogP contribution in [0.5, 0.6) is 0 Å². The molecule has 1 aromatic carbocycles. The van der Waals surface area contributed by atoms with Crippen LogP contribution in [0.25, 0.3) is 11.0 Å². The van der Waals surface area contributed by atoms with Gasteiger partial charge in [-0.05, 0) is 37.0 Å². The monoisotopic (exact) mass is 351 g/mol. The van der Waals surface area contributed by atoms with Crippen molar-refractivity contribution in [2.24, 2.45) is 20.0 Å². The average Bonchev–Trinajstić information content (AvgIpc) is 2.57. The molecule has 7 nitrogen and oxygen atoms in total. The smallest absolute Gasteiger partial charge is 0.305 e. The fourth-order valence-corrected chi connectivity index (χ4v) is 4.85. The summed E-state index contributed by atoms with van der Waals surface area (Å²) >= 11 is 0. The van der Waals surface area contributed by atoms with Crippen LogP contribution in [-0.4, -0.2) is 34.9 Å². The Morgan fingerprint density at radius 2 is 1.67 bits per heavy atom. The Bertz CT molecular complexity index is 1020. The number of aromatic nitrogens is 2. The van der Waals surface area contributed by atoms with Crippen molar-refractivity contribution in [3.8, 4) is 0 Å². The predicted molar refractivity (Wildman–Crippen MR) is 91.6 cm³/mol. The molecule has 1 atom stereocenters. The van der Waals surface area contributed by atoms with Crippen molar-refractivity contribution < 1.29 is 8.42 Å². The van der Waals surface area contributed by atoms with E-state index in [-0.39, 0.29) is 4.90 Å². The maximum atomic E-state index is 12.9. The van der Waals surface area contributed by atoms with Crippen LogP contribution in [0.2, 0.25) is 0 Å². The maximum Gasteiger partial charge on any atom is 0.316 e. The van der Waals surface area contributed by atoms with E-state index in [0.29, 0.717) is 30.0 Å². The van der Waals surface area contributed by atoms with Crippen LogP contribution in [-0.2, 0) is 24.1 Å². The molecule has 24 heavy (non-hydrogen) atoms. The molecule has 130 valence electrons. The van der Waals surface area contributed by atoms with Crippen LogP contribution in [0, 0.1) is 5.92 Å². The molecule has 0 saturated carbocycles. The first-order valence-electron chi connectivity index (χ1n) is 7.93. The number of sulfonamides is 1. The quantitative estimate of drug-likeness (QED) is 0.744. The summed E-state index contributed by atoms with van der Waals surface area (Å²) < 4.78 is 29.7. The molecule has 0 bridgehead atoms. The lowest BCUT2D eigenvalue weighted by Crippen LogP contribution is -2.40. The largest absolute Gasteiger partial charge is 0.316 e. The molecular weight excluding hydrogens is 330 g/mol. The Balaban J connectivity index is 2.18. The van der Waals surface area contributed by atoms with Gasteiger partial charge in [0.15, 0.2) is 0 Å². The summed E-state index contributed by atoms with van der Waals surface area (Å²) in [5, 5.41) is 0. The molecule has 1 aliphatic heterocycles. The number of rotatable bonds is 2. The number of piperidine rings is 1. The van der Waals surface area contributed by atoms with E-state index in [1.807, 2.05) is 6.92 Å². The van der Waals surface area contributed by atoms with E-state index >= 15 is 0 Å². The van der Waals surface area contributed by atoms with Crippen molar-refractivity contribution in [1.29, 1.82) is 0 Å². The van der Waals surface area contributed by atoms with E-state index < -0.39 is 21.1 Å². The van der Waals surface area contributed by atoms with Gasteiger partial charge in [-0.1, -0.05) is 6.92 Å². The number of aryl methyl sites for hydroxylation is 2. The SMILES string of the molecule is C[C@H]1CCCN(S(=O)(=O)c2ccc3c(c2)n(C)c(=O)c(=O)n3C)C1. The van der Waals surface area contributed by atoms with Gasteiger partial charge in [-0.25, -0.2) is 8.42 Å². The summed E-state index contributed by atoms with van der Waals surface area (Å²) in [5.74, 6) is 0.333. The van der Waals surface area contributed by atoms with Gasteiger partial charge < -0.3 is 9.13 Å². The zero-order chi connectivity index (χ0) is 17.6. The van der Waals surface area contributed by atoms with E-state index in [0.717, 1.165) is 12.8 Å². The zero-order valence-corrected chi connectivity index (χ0v) is 14.8. The second-order valence-electron chi connectivity index (χ2n) is 6.49. The second-order valence-corrected chi connectivity index (χ2v) is 8.43. The normalized spacial score (nSPS) is 19.7. The molecule has 1 aromatic heterocycles. The van der Waals surface area contributed by atoms with Gasteiger partial charge in [0.05, 0.1) is 15.9 Å². The molecule has 1 fully saturated rings. The van der Waals surface area contributed by atoms with Gasteiger partial charge in [0, 0.05) is 27.2 Å². The van der Waals surface area contributed by atoms with Gasteiger partial charge >= 0.3 is 11.1 Å². The first kappa shape index (κ1) is 16.9. The number of benzene rings is 1. The predicted octanol–water partition coefficient (Wildman–Crippen LogP) is 0.658. The van der Waals surface area contributed by atoms with Crippen molar-refractivity contribution in [2.75, 3.05) is 13.1 Å². The summed E-state index contributed by atoms with van der Waals surface area (Å²) in [6, 6.07) is 4.56. The van der Waals surface area contributed by atoms with Gasteiger partial charge in [0.1, 0.15) is 0 Å². The molecule has 0 aliphatic carbocycles. The summed E-state index contributed by atoms with van der Waals surface area (Å²) in [6.07, 6.45) is 1.88. The van der Waals surface area contributed by atoms with Crippen molar-refractivity contribution in [1.82, 2.24) is 13.4 Å². The molecule has 1 saturated heterocycles. The third-order valence-electron chi connectivity index (χ3n) is 4.72. The minimum Gasteiger partial charge on any atom is -0.305 e. The van der Waals surface area contributed by atoms with Crippen molar-refractivity contribution in [2.45, 2.75) is 24.7 Å². The first-order valence-corrected chi connectivity index (χ1v) is 9.37. The van der Waals surface area contributed by atoms with Crippen LogP contribution in [0.15, 0.2) is 32.7 Å². The highest BCUT2D eigenvalue weighted by Crippen LogP contribution is 2.25. The van der Waals surface area contributed by atoms with Crippen molar-refractivity contribution >= 4 is 21.1 Å². The molecule has 0 amide bonds. The summed E-state index contributed by atoms with van der Waals surface area (Å²) in [4.78, 5) is 24.0. The highest BCUT2D eigenvalue weighted by molar-refractivity contribution is 7.89. The van der Waals surface area contributed by atoms with Gasteiger partial charge in [-0.15, -0.1) is 0 Å². The lowest BCUT2D eigenvalue weighted by molar-refractivity contribution is 0.281. The van der Waals surface area contributed by atoms with Crippen LogP contribution in [0.4, 0.5) is 0 Å². The summed E-state index contributed by atoms with van der Waals surface area (Å²) in [7, 11) is -0.624. The topological polar surface area (TPSA) is 81.4 Å². The minimum absolute atomic E-state index is 0.151. The molecule has 0 spiro atoms. The summed E-state index contributed by atoms with van der Waals surface area (Å²) in [5.41, 5.74) is -0.363. The Kier molecular flexibility index (Phi) is 4.13. The van der Waals surface area contributed by atoms with Crippen LogP contribution in [0.3, 0.4) is 0 Å². The standard InChI is InChI=1S/C16H21N3O4S/c1-11-5-4-8-19(10-11)24(22,23)12-6-7-13-14(9-12)18(3)16(21)15(20)17(13)2/h6-7,9,11H,4-5,8,10H2,1-3H3/t11-/m0/s1. The first-order chi connectivity index (χ1) is 11.2. The third-order valence-corrected chi connectivity index (χ3v) is 6.58. The molecule has 3 rings (SSSR count). The Morgan fingerprint density at radius 1 is 1.04 bits per heavy atom. The molecule has 1 aliphatic rings. The molecule has 0 radical (unpaired) electrons. The van der Waals surface area contributed by atoms with Crippen molar-refractivity contribution in [3.63, 3.8) is 0 Å². The molecule has 0 unspecified atom stereocenters. The van der Waals surface area contributed by atoms with Crippen molar-refractivity contribution in [3.05, 3.63) is 38.9 Å². The van der Waals surface area contributed by atoms with E-state index in [9.17, 15) is 18.0 Å². The molecule has 0 N–H and O–H groups in total. The molecule has 2 heterocycles.